The first-order valence-electron chi connectivity index (χ1n) is 9.86. The molecule has 0 aromatic heterocycles. The number of ether oxygens (including phenoxy) is 5. The Morgan fingerprint density at radius 3 is 1.93 bits per heavy atom. The molecule has 1 fully saturated rings. The lowest BCUT2D eigenvalue weighted by Crippen LogP contribution is -2.60. The summed E-state index contributed by atoms with van der Waals surface area (Å²) in [5, 5.41) is 0. The fourth-order valence-electron chi connectivity index (χ4n) is 3.40. The van der Waals surface area contributed by atoms with Gasteiger partial charge in [0.25, 0.3) is 0 Å². The lowest BCUT2D eigenvalue weighted by molar-refractivity contribution is -0.299. The summed E-state index contributed by atoms with van der Waals surface area (Å²) in [7, 11) is 1.59. The summed E-state index contributed by atoms with van der Waals surface area (Å²) in [6.07, 6.45) is -0.303. The molecule has 0 saturated carbocycles. The Labute approximate surface area is 188 Å². The van der Waals surface area contributed by atoms with Gasteiger partial charge in [-0.25, -0.2) is 0 Å². The number of benzene rings is 2. The van der Waals surface area contributed by atoms with E-state index in [1.807, 2.05) is 73.8 Å². The molecule has 1 aliphatic rings. The van der Waals surface area contributed by atoms with E-state index < -0.39 is 18.5 Å². The van der Waals surface area contributed by atoms with Gasteiger partial charge < -0.3 is 23.7 Å². The predicted octanol–water partition coefficient (Wildman–Crippen LogP) is 4.58. The van der Waals surface area contributed by atoms with E-state index in [0.717, 1.165) is 11.1 Å². The van der Waals surface area contributed by atoms with Crippen LogP contribution in [0.4, 0.5) is 0 Å². The molecule has 3 rings (SSSR count). The van der Waals surface area contributed by atoms with Crippen molar-refractivity contribution in [3.63, 3.8) is 0 Å². The molecule has 30 heavy (non-hydrogen) atoms. The molecule has 0 N–H and O–H groups in total. The molecule has 2 aromatic carbocycles. The van der Waals surface area contributed by atoms with E-state index in [2.05, 4.69) is 0 Å². The molecule has 0 radical (unpaired) electrons. The molecule has 0 bridgehead atoms. The summed E-state index contributed by atoms with van der Waals surface area (Å²) in [5.74, 6) is 0. The van der Waals surface area contributed by atoms with Crippen molar-refractivity contribution in [2.45, 2.75) is 50.8 Å². The zero-order valence-electron chi connectivity index (χ0n) is 17.4. The predicted molar refractivity (Wildman–Crippen MR) is 122 cm³/mol. The van der Waals surface area contributed by atoms with Gasteiger partial charge >= 0.3 is 0 Å². The standard InChI is InChI=1S/C23H28O5S2/c1-16-19(25-14-17-10-6-4-7-11-17)20(26-15-18-12-8-5-9-13-18)21(22(24-2)27-16)28-23(29)30-3/h4-13,16,19-22H,14-15H2,1-3H3/t16-,19-,20+,21+,22+/m1/s1. The van der Waals surface area contributed by atoms with Gasteiger partial charge in [0, 0.05) is 7.11 Å². The molecule has 2 aromatic rings. The molecule has 5 atom stereocenters. The lowest BCUT2D eigenvalue weighted by atomic mass is 9.98. The van der Waals surface area contributed by atoms with Crippen LogP contribution in [0.15, 0.2) is 60.7 Å². The fourth-order valence-corrected chi connectivity index (χ4v) is 3.72. The van der Waals surface area contributed by atoms with E-state index in [0.29, 0.717) is 17.6 Å². The Morgan fingerprint density at radius 1 is 0.900 bits per heavy atom. The van der Waals surface area contributed by atoms with Crippen molar-refractivity contribution >= 4 is 28.4 Å². The van der Waals surface area contributed by atoms with E-state index in [4.69, 9.17) is 35.9 Å². The summed E-state index contributed by atoms with van der Waals surface area (Å²) < 4.78 is 30.7. The van der Waals surface area contributed by atoms with E-state index in [1.165, 1.54) is 11.8 Å². The van der Waals surface area contributed by atoms with E-state index in [9.17, 15) is 0 Å². The van der Waals surface area contributed by atoms with Crippen LogP contribution in [0.25, 0.3) is 0 Å². The maximum Gasteiger partial charge on any atom is 0.220 e. The quantitative estimate of drug-likeness (QED) is 0.548. The monoisotopic (exact) mass is 448 g/mol. The van der Waals surface area contributed by atoms with Crippen LogP contribution in [0, 0.1) is 0 Å². The van der Waals surface area contributed by atoms with Crippen LogP contribution >= 0.6 is 24.0 Å². The number of thiocarbonyl (C=S) groups is 1. The Morgan fingerprint density at radius 2 is 1.43 bits per heavy atom. The van der Waals surface area contributed by atoms with Gasteiger partial charge in [-0.1, -0.05) is 72.4 Å². The van der Waals surface area contributed by atoms with Crippen molar-refractivity contribution in [2.24, 2.45) is 0 Å². The molecule has 5 nitrogen and oxygen atoms in total. The first-order chi connectivity index (χ1) is 14.6. The summed E-state index contributed by atoms with van der Waals surface area (Å²) in [4.78, 5) is 0. The second kappa shape index (κ2) is 11.8. The van der Waals surface area contributed by atoms with Crippen LogP contribution in [0.2, 0.25) is 0 Å². The van der Waals surface area contributed by atoms with Gasteiger partial charge in [-0.3, -0.25) is 0 Å². The number of hydrogen-bond acceptors (Lipinski definition) is 7. The minimum atomic E-state index is -0.609. The molecule has 0 unspecified atom stereocenters. The normalized spacial score (nSPS) is 26.3. The third-order valence-corrected chi connectivity index (χ3v) is 5.95. The smallest absolute Gasteiger partial charge is 0.220 e. The average Bonchev–Trinajstić information content (AvgIpc) is 2.79. The number of rotatable bonds is 8. The molecule has 0 spiro atoms. The zero-order chi connectivity index (χ0) is 21.3. The minimum Gasteiger partial charge on any atom is -0.467 e. The van der Waals surface area contributed by atoms with Gasteiger partial charge in [-0.2, -0.15) is 0 Å². The summed E-state index contributed by atoms with van der Waals surface area (Å²) in [6.45, 7) is 2.83. The van der Waals surface area contributed by atoms with Gasteiger partial charge in [0.15, 0.2) is 12.4 Å². The van der Waals surface area contributed by atoms with Gasteiger partial charge in [0.05, 0.1) is 19.3 Å². The maximum absolute atomic E-state index is 6.35. The molecule has 1 heterocycles. The largest absolute Gasteiger partial charge is 0.467 e. The van der Waals surface area contributed by atoms with E-state index >= 15 is 0 Å². The molecule has 162 valence electrons. The Bertz CT molecular complexity index is 774. The Balaban J connectivity index is 1.80. The molecular formula is C23H28O5S2. The van der Waals surface area contributed by atoms with Crippen molar-refractivity contribution in [1.29, 1.82) is 0 Å². The molecular weight excluding hydrogens is 420 g/mol. The number of thioether (sulfide) groups is 1. The van der Waals surface area contributed by atoms with Crippen LogP contribution in [-0.4, -0.2) is 48.5 Å². The molecule has 0 aliphatic carbocycles. The van der Waals surface area contributed by atoms with Crippen molar-refractivity contribution < 1.29 is 23.7 Å². The first kappa shape index (κ1) is 23.2. The molecule has 7 heteroatoms. The lowest BCUT2D eigenvalue weighted by Gasteiger charge is -2.44. The first-order valence-corrected chi connectivity index (χ1v) is 11.5. The molecule has 1 aliphatic heterocycles. The van der Waals surface area contributed by atoms with Crippen molar-refractivity contribution in [3.8, 4) is 0 Å². The Hall–Kier alpha value is -1.48. The molecule has 0 amide bonds. The fraction of sp³-hybridized carbons (Fsp3) is 0.435. The Kier molecular flexibility index (Phi) is 9.11. The van der Waals surface area contributed by atoms with E-state index in [1.54, 1.807) is 7.11 Å². The zero-order valence-corrected chi connectivity index (χ0v) is 19.1. The van der Waals surface area contributed by atoms with Crippen LogP contribution < -0.4 is 0 Å². The summed E-state index contributed by atoms with van der Waals surface area (Å²) >= 11 is 6.67. The second-order valence-corrected chi connectivity index (χ2v) is 8.41. The van der Waals surface area contributed by atoms with Crippen LogP contribution in [0.1, 0.15) is 18.1 Å². The highest BCUT2D eigenvalue weighted by molar-refractivity contribution is 8.22. The van der Waals surface area contributed by atoms with E-state index in [-0.39, 0.29) is 12.2 Å². The SMILES string of the molecule is CO[C@H]1O[C@H](C)[C@@H](OCc2ccccc2)[C@H](OCc2ccccc2)[C@@H]1OC(=S)SC. The highest BCUT2D eigenvalue weighted by Crippen LogP contribution is 2.30. The topological polar surface area (TPSA) is 46.2 Å². The summed E-state index contributed by atoms with van der Waals surface area (Å²) in [6, 6.07) is 20.0. The second-order valence-electron chi connectivity index (χ2n) is 7.00. The summed E-state index contributed by atoms with van der Waals surface area (Å²) in [5.41, 5.74) is 2.15. The minimum absolute atomic E-state index is 0.248. The highest BCUT2D eigenvalue weighted by Gasteiger charge is 2.48. The van der Waals surface area contributed by atoms with Gasteiger partial charge in [0.2, 0.25) is 4.38 Å². The van der Waals surface area contributed by atoms with Crippen molar-refractivity contribution in [2.75, 3.05) is 13.4 Å². The van der Waals surface area contributed by atoms with Gasteiger partial charge in [-0.15, -0.1) is 0 Å². The third kappa shape index (κ3) is 6.26. The van der Waals surface area contributed by atoms with Crippen LogP contribution in [0.5, 0.6) is 0 Å². The molecule has 1 saturated heterocycles. The van der Waals surface area contributed by atoms with Gasteiger partial charge in [0.1, 0.15) is 12.2 Å². The average molecular weight is 449 g/mol. The van der Waals surface area contributed by atoms with Crippen molar-refractivity contribution in [1.82, 2.24) is 0 Å². The number of methoxy groups -OCH3 is 1. The highest BCUT2D eigenvalue weighted by atomic mass is 32.2. The third-order valence-electron chi connectivity index (χ3n) is 4.93. The van der Waals surface area contributed by atoms with Crippen LogP contribution in [0.3, 0.4) is 0 Å². The van der Waals surface area contributed by atoms with Crippen molar-refractivity contribution in [3.05, 3.63) is 71.8 Å². The van der Waals surface area contributed by atoms with Gasteiger partial charge in [-0.05, 0) is 36.5 Å². The van der Waals surface area contributed by atoms with Crippen LogP contribution in [-0.2, 0) is 36.9 Å². The number of hydrogen-bond donors (Lipinski definition) is 0. The maximum atomic E-state index is 6.35.